The maximum Gasteiger partial charge on any atom is 0.266 e. The Balaban J connectivity index is 1.46. The van der Waals surface area contributed by atoms with Gasteiger partial charge >= 0.3 is 0 Å². The zero-order chi connectivity index (χ0) is 25.8. The molecule has 5 rings (SSSR count). The lowest BCUT2D eigenvalue weighted by atomic mass is 10.2. The smallest absolute Gasteiger partial charge is 0.266 e. The van der Waals surface area contributed by atoms with Crippen molar-refractivity contribution < 1.29 is 4.39 Å². The second kappa shape index (κ2) is 10.4. The first-order valence-electron chi connectivity index (χ1n) is 11.2. The number of nitrogens with two attached hydrogens (primary N) is 1. The molecule has 0 aliphatic heterocycles. The summed E-state index contributed by atoms with van der Waals surface area (Å²) >= 11 is 6.36. The molecule has 0 bridgehead atoms. The van der Waals surface area contributed by atoms with Gasteiger partial charge in [-0.05, 0) is 42.3 Å². The van der Waals surface area contributed by atoms with Gasteiger partial charge in [0.05, 0.1) is 27.8 Å². The van der Waals surface area contributed by atoms with Gasteiger partial charge < -0.3 is 11.1 Å². The molecular formula is C27H19ClFN7O. The molecule has 3 heterocycles. The van der Waals surface area contributed by atoms with Crippen LogP contribution in [0, 0.1) is 17.7 Å². The zero-order valence-electron chi connectivity index (χ0n) is 19.3. The number of aromatic nitrogens is 5. The molecule has 2 aromatic carbocycles. The van der Waals surface area contributed by atoms with E-state index in [1.807, 2.05) is 30.3 Å². The Morgan fingerprint density at radius 1 is 1.00 bits per heavy atom. The lowest BCUT2D eigenvalue weighted by Crippen LogP contribution is -2.25. The number of fused-ring (bicyclic) bond motifs is 1. The first-order chi connectivity index (χ1) is 18.0. The molecule has 0 aliphatic carbocycles. The van der Waals surface area contributed by atoms with Crippen molar-refractivity contribution in [3.8, 4) is 17.5 Å². The third-order valence-corrected chi connectivity index (χ3v) is 5.80. The largest absolute Gasteiger partial charge is 0.382 e. The quantitative estimate of drug-likeness (QED) is 0.343. The molecule has 182 valence electrons. The second-order valence-corrected chi connectivity index (χ2v) is 8.32. The van der Waals surface area contributed by atoms with Crippen LogP contribution in [0.5, 0.6) is 0 Å². The number of pyridine rings is 1. The van der Waals surface area contributed by atoms with Crippen LogP contribution in [0.2, 0.25) is 5.02 Å². The fraction of sp³-hybridized carbons (Fsp3) is 0.0741. The van der Waals surface area contributed by atoms with Gasteiger partial charge in [0.1, 0.15) is 40.9 Å². The molecule has 0 unspecified atom stereocenters. The van der Waals surface area contributed by atoms with Crippen molar-refractivity contribution in [3.63, 3.8) is 0 Å². The van der Waals surface area contributed by atoms with E-state index in [9.17, 15) is 9.18 Å². The first kappa shape index (κ1) is 23.9. The van der Waals surface area contributed by atoms with Gasteiger partial charge in [0.2, 0.25) is 0 Å². The third-order valence-electron chi connectivity index (χ3n) is 5.49. The predicted octanol–water partition coefficient (Wildman–Crippen LogP) is 4.00. The summed E-state index contributed by atoms with van der Waals surface area (Å²) in [6, 6.07) is 17.2. The molecule has 0 atom stereocenters. The topological polar surface area (TPSA) is 112 Å². The number of benzene rings is 2. The highest BCUT2D eigenvalue weighted by atomic mass is 35.5. The van der Waals surface area contributed by atoms with Gasteiger partial charge in [0.15, 0.2) is 0 Å². The standard InChI is InChI=1S/C27H19ClFN7O/c28-22-8-4-7-20-24(22)35-23(36(27(20)37)19-5-2-1-3-6-19)13-14-31-26-21(25(30)33-16-34-26)12-11-18-10-9-17(29)15-32-18/h1-10,15-16H,13-14H2,(H3,30,31,33,34). The fourth-order valence-electron chi connectivity index (χ4n) is 3.75. The summed E-state index contributed by atoms with van der Waals surface area (Å²) in [5, 5.41) is 4.04. The van der Waals surface area contributed by atoms with Crippen LogP contribution in [0.25, 0.3) is 16.6 Å². The van der Waals surface area contributed by atoms with E-state index >= 15 is 0 Å². The number of anilines is 2. The van der Waals surface area contributed by atoms with Gasteiger partial charge in [-0.3, -0.25) is 9.36 Å². The van der Waals surface area contributed by atoms with Crippen molar-refractivity contribution in [2.24, 2.45) is 0 Å². The Morgan fingerprint density at radius 3 is 2.62 bits per heavy atom. The first-order valence-corrected chi connectivity index (χ1v) is 11.6. The molecule has 37 heavy (non-hydrogen) atoms. The van der Waals surface area contributed by atoms with Crippen molar-refractivity contribution in [2.45, 2.75) is 6.42 Å². The van der Waals surface area contributed by atoms with Gasteiger partial charge in [-0.15, -0.1) is 0 Å². The van der Waals surface area contributed by atoms with Gasteiger partial charge in [-0.2, -0.15) is 0 Å². The lowest BCUT2D eigenvalue weighted by molar-refractivity contribution is 0.621. The molecule has 8 nitrogen and oxygen atoms in total. The Morgan fingerprint density at radius 2 is 1.84 bits per heavy atom. The number of nitrogens with one attached hydrogen (secondary N) is 1. The second-order valence-electron chi connectivity index (χ2n) is 7.91. The van der Waals surface area contributed by atoms with E-state index < -0.39 is 5.82 Å². The van der Waals surface area contributed by atoms with Crippen LogP contribution in [0.4, 0.5) is 16.0 Å². The van der Waals surface area contributed by atoms with E-state index in [1.165, 1.54) is 18.5 Å². The monoisotopic (exact) mass is 511 g/mol. The number of nitrogen functional groups attached to an aromatic ring is 1. The highest BCUT2D eigenvalue weighted by Crippen LogP contribution is 2.21. The van der Waals surface area contributed by atoms with Gasteiger partial charge in [-0.1, -0.05) is 41.8 Å². The van der Waals surface area contributed by atoms with Gasteiger partial charge in [-0.25, -0.2) is 24.3 Å². The number of halogens is 2. The number of hydrogen-bond acceptors (Lipinski definition) is 7. The molecule has 0 aliphatic rings. The van der Waals surface area contributed by atoms with Gasteiger partial charge in [0, 0.05) is 13.0 Å². The number of rotatable bonds is 5. The minimum atomic E-state index is -0.451. The molecule has 0 amide bonds. The summed E-state index contributed by atoms with van der Waals surface area (Å²) < 4.78 is 14.7. The van der Waals surface area contributed by atoms with Crippen LogP contribution >= 0.6 is 11.6 Å². The fourth-order valence-corrected chi connectivity index (χ4v) is 3.97. The van der Waals surface area contributed by atoms with Crippen molar-refractivity contribution in [1.29, 1.82) is 0 Å². The third kappa shape index (κ3) is 5.10. The molecule has 0 radical (unpaired) electrons. The van der Waals surface area contributed by atoms with E-state index in [-0.39, 0.29) is 11.4 Å². The number of para-hydroxylation sites is 2. The summed E-state index contributed by atoms with van der Waals surface area (Å²) in [5.41, 5.74) is 7.73. The Kier molecular flexibility index (Phi) is 6.74. The average molecular weight is 512 g/mol. The van der Waals surface area contributed by atoms with Crippen LogP contribution in [-0.4, -0.2) is 31.0 Å². The van der Waals surface area contributed by atoms with E-state index in [2.05, 4.69) is 32.1 Å². The van der Waals surface area contributed by atoms with Crippen LogP contribution < -0.4 is 16.6 Å². The average Bonchev–Trinajstić information content (AvgIpc) is 2.90. The van der Waals surface area contributed by atoms with Gasteiger partial charge in [0.25, 0.3) is 5.56 Å². The van der Waals surface area contributed by atoms with Crippen molar-refractivity contribution in [1.82, 2.24) is 24.5 Å². The molecule has 0 fully saturated rings. The van der Waals surface area contributed by atoms with E-state index in [4.69, 9.17) is 22.3 Å². The molecule has 3 N–H and O–H groups in total. The maximum absolute atomic E-state index is 13.4. The molecule has 0 spiro atoms. The summed E-state index contributed by atoms with van der Waals surface area (Å²) in [5.74, 6) is 6.42. The summed E-state index contributed by atoms with van der Waals surface area (Å²) in [6.07, 6.45) is 2.78. The highest BCUT2D eigenvalue weighted by Gasteiger charge is 2.15. The Labute approximate surface area is 216 Å². The summed E-state index contributed by atoms with van der Waals surface area (Å²) in [6.45, 7) is 0.356. The molecule has 3 aromatic heterocycles. The summed E-state index contributed by atoms with van der Waals surface area (Å²) in [4.78, 5) is 30.4. The van der Waals surface area contributed by atoms with Crippen LogP contribution in [0.15, 0.2) is 78.0 Å². The zero-order valence-corrected chi connectivity index (χ0v) is 20.1. The molecular weight excluding hydrogens is 493 g/mol. The van der Waals surface area contributed by atoms with Crippen molar-refractivity contribution >= 4 is 34.1 Å². The highest BCUT2D eigenvalue weighted by molar-refractivity contribution is 6.35. The molecule has 0 saturated heterocycles. The van der Waals surface area contributed by atoms with E-state index in [1.54, 1.807) is 22.8 Å². The SMILES string of the molecule is Nc1ncnc(NCCc2nc3c(Cl)cccc3c(=O)n2-c2ccccc2)c1C#Cc1ccc(F)cn1. The molecule has 10 heteroatoms. The van der Waals surface area contributed by atoms with Crippen LogP contribution in [-0.2, 0) is 6.42 Å². The predicted molar refractivity (Wildman–Crippen MR) is 141 cm³/mol. The number of hydrogen-bond donors (Lipinski definition) is 2. The normalized spacial score (nSPS) is 10.6. The molecule has 5 aromatic rings. The minimum absolute atomic E-state index is 0.184. The van der Waals surface area contributed by atoms with E-state index in [0.717, 1.165) is 6.20 Å². The molecule has 0 saturated carbocycles. The van der Waals surface area contributed by atoms with Crippen LogP contribution in [0.1, 0.15) is 17.1 Å². The van der Waals surface area contributed by atoms with Crippen molar-refractivity contribution in [2.75, 3.05) is 17.6 Å². The maximum atomic E-state index is 13.4. The van der Waals surface area contributed by atoms with E-state index in [0.29, 0.717) is 57.5 Å². The Bertz CT molecular complexity index is 1710. The summed E-state index contributed by atoms with van der Waals surface area (Å²) in [7, 11) is 0. The number of nitrogens with zero attached hydrogens (tertiary/aromatic N) is 5. The lowest BCUT2D eigenvalue weighted by Gasteiger charge is -2.15. The minimum Gasteiger partial charge on any atom is -0.382 e. The van der Waals surface area contributed by atoms with Crippen LogP contribution in [0.3, 0.4) is 0 Å². The van der Waals surface area contributed by atoms with Crippen molar-refractivity contribution in [3.05, 3.63) is 111 Å². The Hall–Kier alpha value is -4.81.